The molecule has 2 atom stereocenters. The van der Waals surface area contributed by atoms with Gasteiger partial charge in [-0.25, -0.2) is 9.37 Å². The molecule has 0 radical (unpaired) electrons. The van der Waals surface area contributed by atoms with Gasteiger partial charge in [0.1, 0.15) is 11.5 Å². The van der Waals surface area contributed by atoms with Crippen molar-refractivity contribution >= 4 is 34.1 Å². The monoisotopic (exact) mass is 465 g/mol. The van der Waals surface area contributed by atoms with Crippen LogP contribution in [0.4, 0.5) is 23.2 Å². The van der Waals surface area contributed by atoms with Gasteiger partial charge in [0, 0.05) is 33.7 Å². The standard InChI is InChI=1S/C23H20ClF4N3O/c24-14-7-8-19-18(10-14)20(12-21(31-19)23(26,27)28)29-16-5-2-6-17(11-16)30-22(32)13-3-1-4-15(25)9-13/h1,3-4,7-10,12,16-17H,2,5-6,11H2,(H,29,31)(H,30,32)/t16-,17+/m0/s1. The van der Waals surface area contributed by atoms with Crippen LogP contribution in [0.5, 0.6) is 0 Å². The summed E-state index contributed by atoms with van der Waals surface area (Å²) in [5, 5.41) is 7.00. The summed E-state index contributed by atoms with van der Waals surface area (Å²) in [4.78, 5) is 16.2. The van der Waals surface area contributed by atoms with Gasteiger partial charge in [-0.05, 0) is 68.1 Å². The van der Waals surface area contributed by atoms with E-state index >= 15 is 0 Å². The Labute approximate surface area is 187 Å². The SMILES string of the molecule is O=C(N[C@@H]1CCC[C@H](Nc2cc(C(F)(F)F)nc3ccc(Cl)cc23)C1)c1cccc(F)c1. The second kappa shape index (κ2) is 8.94. The summed E-state index contributed by atoms with van der Waals surface area (Å²) in [6, 6.07) is 10.6. The number of aromatic nitrogens is 1. The number of hydrogen-bond donors (Lipinski definition) is 2. The number of rotatable bonds is 4. The van der Waals surface area contributed by atoms with Gasteiger partial charge in [-0.3, -0.25) is 4.79 Å². The molecule has 0 unspecified atom stereocenters. The number of pyridine rings is 1. The van der Waals surface area contributed by atoms with Crippen molar-refractivity contribution in [2.24, 2.45) is 0 Å². The first-order chi connectivity index (χ1) is 15.2. The molecule has 0 aliphatic heterocycles. The first-order valence-electron chi connectivity index (χ1n) is 10.2. The number of carbonyl (C=O) groups excluding carboxylic acids is 1. The molecule has 32 heavy (non-hydrogen) atoms. The van der Waals surface area contributed by atoms with E-state index in [4.69, 9.17) is 11.6 Å². The summed E-state index contributed by atoms with van der Waals surface area (Å²) in [5.41, 5.74) is -0.267. The Morgan fingerprint density at radius 3 is 2.59 bits per heavy atom. The maximum Gasteiger partial charge on any atom is 0.433 e. The first kappa shape index (κ1) is 22.3. The molecule has 3 aromatic rings. The maximum atomic E-state index is 13.4. The number of nitrogens with zero attached hydrogens (tertiary/aromatic N) is 1. The third kappa shape index (κ3) is 5.12. The summed E-state index contributed by atoms with van der Waals surface area (Å²) in [6.07, 6.45) is -1.82. The predicted molar refractivity (Wildman–Crippen MR) is 115 cm³/mol. The Balaban J connectivity index is 1.53. The smallest absolute Gasteiger partial charge is 0.382 e. The van der Waals surface area contributed by atoms with Crippen LogP contribution in [0.15, 0.2) is 48.5 Å². The van der Waals surface area contributed by atoms with Crippen molar-refractivity contribution in [3.8, 4) is 0 Å². The van der Waals surface area contributed by atoms with Crippen LogP contribution in [0.2, 0.25) is 5.02 Å². The van der Waals surface area contributed by atoms with E-state index in [1.807, 2.05) is 0 Å². The summed E-state index contributed by atoms with van der Waals surface area (Å²) < 4.78 is 53.5. The minimum atomic E-state index is -4.59. The fourth-order valence-electron chi connectivity index (χ4n) is 4.03. The zero-order valence-corrected chi connectivity index (χ0v) is 17.6. The summed E-state index contributed by atoms with van der Waals surface area (Å²) in [7, 11) is 0. The van der Waals surface area contributed by atoms with Gasteiger partial charge in [0.25, 0.3) is 5.91 Å². The van der Waals surface area contributed by atoms with E-state index in [0.29, 0.717) is 22.5 Å². The molecule has 0 saturated heterocycles. The Hall–Kier alpha value is -2.87. The Bertz CT molecular complexity index is 1150. The van der Waals surface area contributed by atoms with Gasteiger partial charge >= 0.3 is 6.18 Å². The third-order valence-electron chi connectivity index (χ3n) is 5.52. The Morgan fingerprint density at radius 2 is 1.84 bits per heavy atom. The molecule has 1 heterocycles. The van der Waals surface area contributed by atoms with Crippen LogP contribution in [0.3, 0.4) is 0 Å². The van der Waals surface area contributed by atoms with Crippen molar-refractivity contribution in [3.05, 3.63) is 70.6 Å². The molecular weight excluding hydrogens is 446 g/mol. The van der Waals surface area contributed by atoms with E-state index in [1.165, 1.54) is 36.4 Å². The van der Waals surface area contributed by atoms with Gasteiger partial charge in [0.05, 0.1) is 5.52 Å². The minimum absolute atomic E-state index is 0.160. The molecule has 1 fully saturated rings. The molecule has 4 rings (SSSR count). The highest BCUT2D eigenvalue weighted by Gasteiger charge is 2.34. The van der Waals surface area contributed by atoms with Crippen molar-refractivity contribution in [2.45, 2.75) is 43.9 Å². The lowest BCUT2D eigenvalue weighted by Gasteiger charge is -2.31. The number of fused-ring (bicyclic) bond motifs is 1. The number of nitrogens with one attached hydrogen (secondary N) is 2. The van der Waals surface area contributed by atoms with Crippen molar-refractivity contribution < 1.29 is 22.4 Å². The molecule has 0 spiro atoms. The molecule has 1 amide bonds. The number of anilines is 1. The molecule has 1 aliphatic carbocycles. The van der Waals surface area contributed by atoms with Crippen molar-refractivity contribution in [1.29, 1.82) is 0 Å². The van der Waals surface area contributed by atoms with E-state index in [0.717, 1.165) is 25.3 Å². The quantitative estimate of drug-likeness (QED) is 0.451. The molecule has 1 aromatic heterocycles. The van der Waals surface area contributed by atoms with E-state index in [2.05, 4.69) is 15.6 Å². The van der Waals surface area contributed by atoms with Crippen LogP contribution in [0, 0.1) is 5.82 Å². The van der Waals surface area contributed by atoms with Crippen LogP contribution >= 0.6 is 11.6 Å². The molecule has 0 bridgehead atoms. The van der Waals surface area contributed by atoms with Gasteiger partial charge in [-0.1, -0.05) is 17.7 Å². The molecule has 1 saturated carbocycles. The van der Waals surface area contributed by atoms with E-state index in [9.17, 15) is 22.4 Å². The lowest BCUT2D eigenvalue weighted by Crippen LogP contribution is -2.41. The highest BCUT2D eigenvalue weighted by molar-refractivity contribution is 6.31. The zero-order valence-electron chi connectivity index (χ0n) is 16.8. The van der Waals surface area contributed by atoms with Crippen LogP contribution in [0.1, 0.15) is 41.7 Å². The predicted octanol–water partition coefficient (Wildman–Crippen LogP) is 6.20. The van der Waals surface area contributed by atoms with Crippen LogP contribution in [-0.2, 0) is 6.18 Å². The summed E-state index contributed by atoms with van der Waals surface area (Å²) in [5.74, 6) is -0.875. The second-order valence-electron chi connectivity index (χ2n) is 7.90. The summed E-state index contributed by atoms with van der Waals surface area (Å²) in [6.45, 7) is 0. The van der Waals surface area contributed by atoms with Crippen molar-refractivity contribution in [2.75, 3.05) is 5.32 Å². The van der Waals surface area contributed by atoms with Gasteiger partial charge in [-0.15, -0.1) is 0 Å². The normalized spacial score (nSPS) is 19.0. The van der Waals surface area contributed by atoms with Gasteiger partial charge in [0.15, 0.2) is 0 Å². The third-order valence-corrected chi connectivity index (χ3v) is 5.75. The zero-order chi connectivity index (χ0) is 22.9. The van der Waals surface area contributed by atoms with Crippen LogP contribution in [-0.4, -0.2) is 23.0 Å². The fraction of sp³-hybridized carbons (Fsp3) is 0.304. The molecule has 2 N–H and O–H groups in total. The summed E-state index contributed by atoms with van der Waals surface area (Å²) >= 11 is 6.06. The van der Waals surface area contributed by atoms with Gasteiger partial charge in [-0.2, -0.15) is 13.2 Å². The lowest BCUT2D eigenvalue weighted by molar-refractivity contribution is -0.140. The minimum Gasteiger partial charge on any atom is -0.382 e. The van der Waals surface area contributed by atoms with Gasteiger partial charge < -0.3 is 10.6 Å². The molecule has 2 aromatic carbocycles. The number of halogens is 5. The largest absolute Gasteiger partial charge is 0.433 e. The number of benzene rings is 2. The molecule has 168 valence electrons. The first-order valence-corrected chi connectivity index (χ1v) is 10.6. The van der Waals surface area contributed by atoms with Crippen molar-refractivity contribution in [1.82, 2.24) is 10.3 Å². The van der Waals surface area contributed by atoms with E-state index in [1.54, 1.807) is 6.07 Å². The number of carbonyl (C=O) groups is 1. The highest BCUT2D eigenvalue weighted by atomic mass is 35.5. The number of amides is 1. The Kier molecular flexibility index (Phi) is 6.24. The highest BCUT2D eigenvalue weighted by Crippen LogP contribution is 2.35. The average molecular weight is 466 g/mol. The molecular formula is C23H20ClF4N3O. The molecule has 4 nitrogen and oxygen atoms in total. The molecule has 1 aliphatic rings. The topological polar surface area (TPSA) is 54.0 Å². The van der Waals surface area contributed by atoms with Gasteiger partial charge in [0.2, 0.25) is 0 Å². The van der Waals surface area contributed by atoms with E-state index < -0.39 is 17.7 Å². The second-order valence-corrected chi connectivity index (χ2v) is 8.34. The molecule has 9 heteroatoms. The van der Waals surface area contributed by atoms with E-state index in [-0.39, 0.29) is 29.1 Å². The Morgan fingerprint density at radius 1 is 1.06 bits per heavy atom. The van der Waals surface area contributed by atoms with Crippen LogP contribution in [0.25, 0.3) is 10.9 Å². The lowest BCUT2D eigenvalue weighted by atomic mass is 9.90. The number of alkyl halides is 3. The van der Waals surface area contributed by atoms with Crippen molar-refractivity contribution in [3.63, 3.8) is 0 Å². The van der Waals surface area contributed by atoms with Crippen LogP contribution < -0.4 is 10.6 Å². The maximum absolute atomic E-state index is 13.4. The average Bonchev–Trinajstić information content (AvgIpc) is 2.73. The fourth-order valence-corrected chi connectivity index (χ4v) is 4.21. The number of hydrogen-bond acceptors (Lipinski definition) is 3.